The fourth-order valence-electron chi connectivity index (χ4n) is 3.58. The number of benzene rings is 2. The van der Waals surface area contributed by atoms with Crippen LogP contribution in [0.25, 0.3) is 0 Å². The smallest absolute Gasteiger partial charge is 0.412 e. The van der Waals surface area contributed by atoms with Crippen LogP contribution in [0.1, 0.15) is 46.5 Å². The first-order valence-corrected chi connectivity index (χ1v) is 11.5. The van der Waals surface area contributed by atoms with Gasteiger partial charge in [0.2, 0.25) is 0 Å². The molecule has 0 aromatic heterocycles. The van der Waals surface area contributed by atoms with E-state index >= 15 is 0 Å². The number of hydrogen-bond donors (Lipinski definition) is 2. The second kappa shape index (κ2) is 9.13. The summed E-state index contributed by atoms with van der Waals surface area (Å²) < 4.78 is 25.3. The van der Waals surface area contributed by atoms with E-state index in [0.717, 1.165) is 31.4 Å². The van der Waals surface area contributed by atoms with Gasteiger partial charge >= 0.3 is 7.75 Å². The number of para-hydroxylation sites is 2. The van der Waals surface area contributed by atoms with Gasteiger partial charge in [-0.3, -0.25) is 4.52 Å². The SMILES string of the molecule is CC(C)(C)C1CCC(OP(=O)(NNc2ccccc2)Oc2ccccc2)CC1. The minimum absolute atomic E-state index is 0.0850. The van der Waals surface area contributed by atoms with E-state index in [9.17, 15) is 4.57 Å². The van der Waals surface area contributed by atoms with E-state index in [4.69, 9.17) is 9.05 Å². The van der Waals surface area contributed by atoms with Gasteiger partial charge in [0.1, 0.15) is 5.75 Å². The van der Waals surface area contributed by atoms with Gasteiger partial charge in [0.25, 0.3) is 0 Å². The van der Waals surface area contributed by atoms with E-state index in [1.807, 2.05) is 48.5 Å². The molecule has 0 saturated heterocycles. The van der Waals surface area contributed by atoms with Crippen molar-refractivity contribution in [1.82, 2.24) is 5.20 Å². The average Bonchev–Trinajstić information content (AvgIpc) is 2.68. The van der Waals surface area contributed by atoms with Gasteiger partial charge in [-0.25, -0.2) is 4.57 Å². The quantitative estimate of drug-likeness (QED) is 0.414. The largest absolute Gasteiger partial charge is 0.476 e. The van der Waals surface area contributed by atoms with Crippen LogP contribution in [0.15, 0.2) is 60.7 Å². The predicted octanol–water partition coefficient (Wildman–Crippen LogP) is 6.41. The molecule has 2 aromatic rings. The Hall–Kier alpha value is -1.81. The molecule has 2 N–H and O–H groups in total. The normalized spacial score (nSPS) is 22.2. The number of hydrogen-bond acceptors (Lipinski definition) is 4. The third-order valence-electron chi connectivity index (χ3n) is 5.27. The van der Waals surface area contributed by atoms with Crippen molar-refractivity contribution in [3.05, 3.63) is 60.7 Å². The standard InChI is InChI=1S/C22H31N2O3P/c1-22(2,3)18-14-16-21(17-15-18)27-28(25,26-20-12-8-5-9-13-20)24-23-19-10-6-4-7-11-19/h4-13,18,21,23H,14-17H2,1-3H3,(H,24,25). The van der Waals surface area contributed by atoms with Crippen LogP contribution in [0.2, 0.25) is 0 Å². The molecule has 0 amide bonds. The lowest BCUT2D eigenvalue weighted by Gasteiger charge is -2.37. The highest BCUT2D eigenvalue weighted by molar-refractivity contribution is 7.52. The van der Waals surface area contributed by atoms with Gasteiger partial charge in [-0.1, -0.05) is 57.2 Å². The summed E-state index contributed by atoms with van der Waals surface area (Å²) in [5, 5.41) is 2.81. The van der Waals surface area contributed by atoms with Crippen LogP contribution in [-0.2, 0) is 9.09 Å². The molecule has 0 radical (unpaired) electrons. The summed E-state index contributed by atoms with van der Waals surface area (Å²) >= 11 is 0. The summed E-state index contributed by atoms with van der Waals surface area (Å²) in [6.45, 7) is 6.86. The molecule has 152 valence electrons. The van der Waals surface area contributed by atoms with Crippen LogP contribution < -0.4 is 15.1 Å². The Morgan fingerprint density at radius 2 is 1.46 bits per heavy atom. The van der Waals surface area contributed by atoms with Crippen molar-refractivity contribution < 1.29 is 13.6 Å². The number of hydrazine groups is 1. The second-order valence-electron chi connectivity index (χ2n) is 8.45. The summed E-state index contributed by atoms with van der Waals surface area (Å²) in [4.78, 5) is 0. The lowest BCUT2D eigenvalue weighted by Crippen LogP contribution is -2.31. The molecule has 28 heavy (non-hydrogen) atoms. The van der Waals surface area contributed by atoms with E-state index in [1.165, 1.54) is 0 Å². The third kappa shape index (κ3) is 6.10. The molecule has 1 fully saturated rings. The second-order valence-corrected chi connectivity index (χ2v) is 10.1. The minimum Gasteiger partial charge on any atom is -0.412 e. The van der Waals surface area contributed by atoms with Crippen molar-refractivity contribution in [2.45, 2.75) is 52.6 Å². The molecule has 5 nitrogen and oxygen atoms in total. The Balaban J connectivity index is 1.66. The van der Waals surface area contributed by atoms with Gasteiger partial charge in [0.15, 0.2) is 0 Å². The Morgan fingerprint density at radius 1 is 0.893 bits per heavy atom. The summed E-state index contributed by atoms with van der Waals surface area (Å²) in [6, 6.07) is 18.6. The summed E-state index contributed by atoms with van der Waals surface area (Å²) in [6.07, 6.45) is 3.84. The highest BCUT2D eigenvalue weighted by Crippen LogP contribution is 2.48. The molecule has 1 atom stereocenters. The van der Waals surface area contributed by atoms with Crippen molar-refractivity contribution in [2.75, 3.05) is 5.43 Å². The molecule has 0 heterocycles. The zero-order chi connectivity index (χ0) is 20.0. The summed E-state index contributed by atoms with van der Waals surface area (Å²) in [5.74, 6) is 1.17. The van der Waals surface area contributed by atoms with Crippen molar-refractivity contribution in [3.63, 3.8) is 0 Å². The molecular formula is C22H31N2O3P. The van der Waals surface area contributed by atoms with Crippen molar-refractivity contribution in [2.24, 2.45) is 11.3 Å². The van der Waals surface area contributed by atoms with Gasteiger partial charge in [-0.15, -0.1) is 5.20 Å². The van der Waals surface area contributed by atoms with Crippen molar-refractivity contribution in [1.29, 1.82) is 0 Å². The number of nitrogens with one attached hydrogen (secondary N) is 2. The minimum atomic E-state index is -3.60. The molecule has 3 rings (SSSR count). The van der Waals surface area contributed by atoms with Crippen molar-refractivity contribution >= 4 is 13.4 Å². The van der Waals surface area contributed by atoms with Crippen LogP contribution in [-0.4, -0.2) is 6.10 Å². The lowest BCUT2D eigenvalue weighted by atomic mass is 9.72. The third-order valence-corrected chi connectivity index (χ3v) is 6.68. The monoisotopic (exact) mass is 402 g/mol. The van der Waals surface area contributed by atoms with Gasteiger partial charge < -0.3 is 9.95 Å². The molecular weight excluding hydrogens is 371 g/mol. The van der Waals surface area contributed by atoms with Crippen LogP contribution in [0.5, 0.6) is 5.75 Å². The van der Waals surface area contributed by atoms with E-state index in [1.54, 1.807) is 12.1 Å². The Morgan fingerprint density at radius 3 is 2.04 bits per heavy atom. The number of anilines is 1. The molecule has 6 heteroatoms. The highest BCUT2D eigenvalue weighted by Gasteiger charge is 2.35. The van der Waals surface area contributed by atoms with Gasteiger partial charge in [0.05, 0.1) is 6.10 Å². The predicted molar refractivity (Wildman–Crippen MR) is 114 cm³/mol. The maximum atomic E-state index is 13.5. The first kappa shape index (κ1) is 20.9. The molecule has 0 bridgehead atoms. The molecule has 0 spiro atoms. The van der Waals surface area contributed by atoms with Gasteiger partial charge in [-0.05, 0) is 61.3 Å². The first-order chi connectivity index (χ1) is 13.3. The van der Waals surface area contributed by atoms with Crippen LogP contribution in [0.4, 0.5) is 5.69 Å². The maximum absolute atomic E-state index is 13.5. The lowest BCUT2D eigenvalue weighted by molar-refractivity contribution is 0.0794. The Bertz CT molecular complexity index is 769. The highest BCUT2D eigenvalue weighted by atomic mass is 31.2. The van der Waals surface area contributed by atoms with Crippen LogP contribution in [0.3, 0.4) is 0 Å². The molecule has 1 saturated carbocycles. The van der Waals surface area contributed by atoms with Crippen molar-refractivity contribution in [3.8, 4) is 5.75 Å². The zero-order valence-electron chi connectivity index (χ0n) is 16.9. The molecule has 1 aliphatic carbocycles. The van der Waals surface area contributed by atoms with Gasteiger partial charge in [0, 0.05) is 5.69 Å². The van der Waals surface area contributed by atoms with E-state index in [2.05, 4.69) is 31.4 Å². The zero-order valence-corrected chi connectivity index (χ0v) is 17.8. The summed E-state index contributed by atoms with van der Waals surface area (Å²) in [5.41, 5.74) is 4.05. The van der Waals surface area contributed by atoms with E-state index < -0.39 is 7.75 Å². The maximum Gasteiger partial charge on any atom is 0.476 e. The number of rotatable bonds is 7. The van der Waals surface area contributed by atoms with E-state index in [0.29, 0.717) is 17.1 Å². The van der Waals surface area contributed by atoms with E-state index in [-0.39, 0.29) is 6.10 Å². The Labute approximate surface area is 168 Å². The molecule has 2 aromatic carbocycles. The topological polar surface area (TPSA) is 59.6 Å². The van der Waals surface area contributed by atoms with Gasteiger partial charge in [-0.2, -0.15) is 0 Å². The molecule has 1 unspecified atom stereocenters. The summed E-state index contributed by atoms with van der Waals surface area (Å²) in [7, 11) is -3.60. The fourth-order valence-corrected chi connectivity index (χ4v) is 4.99. The van der Waals surface area contributed by atoms with Crippen LogP contribution in [0, 0.1) is 11.3 Å². The Kier molecular flexibility index (Phi) is 6.82. The molecule has 0 aliphatic heterocycles. The average molecular weight is 402 g/mol. The fraction of sp³-hybridized carbons (Fsp3) is 0.455. The first-order valence-electron chi connectivity index (χ1n) is 9.95. The van der Waals surface area contributed by atoms with Crippen LogP contribution >= 0.6 is 7.75 Å². The molecule has 1 aliphatic rings.